The molecule has 3 rings (SSSR count). The van der Waals surface area contributed by atoms with Crippen LogP contribution in [0.15, 0.2) is 6.07 Å². The SMILES string of the molecule is CO[C@@H](C(=O)O)[C@@H]1C[C@@H](O[Si](C)(C)C(C)(C)C)C(C)(C)[C@@H](C[C@H](O[Si](C)(C)C(C)(C)C)[C@@H](C)[C@H]2Cc3c(C)c(OCOCC[Si](C)(C)C)cc(O[Si](C)(C)C(C)(C)C)c3C(=O)O2)O1. The van der Waals surface area contributed by atoms with E-state index in [1.807, 2.05) is 13.0 Å². The number of carboxylic acid groups (broad SMARTS) is 1. The normalized spacial score (nSPS) is 23.1. The van der Waals surface area contributed by atoms with Crippen molar-refractivity contribution >= 4 is 45.0 Å². The molecule has 15 heteroatoms. The number of carbonyl (C=O) groups excluding carboxylic acids is 1. The van der Waals surface area contributed by atoms with Gasteiger partial charge in [-0.15, -0.1) is 0 Å². The van der Waals surface area contributed by atoms with Crippen LogP contribution < -0.4 is 9.16 Å². The molecule has 2 aliphatic heterocycles. The number of carboxylic acids is 1. The van der Waals surface area contributed by atoms with E-state index in [0.717, 1.165) is 17.2 Å². The number of cyclic esters (lactones) is 1. The molecule has 1 aromatic carbocycles. The number of methoxy groups -OCH3 is 1. The van der Waals surface area contributed by atoms with Gasteiger partial charge in [0.25, 0.3) is 8.32 Å². The highest BCUT2D eigenvalue weighted by atomic mass is 28.4. The maximum absolute atomic E-state index is 14.6. The van der Waals surface area contributed by atoms with Crippen LogP contribution in [0.2, 0.25) is 80.1 Å². The first-order valence-corrected chi connectivity index (χ1v) is 35.7. The van der Waals surface area contributed by atoms with Gasteiger partial charge in [-0.25, -0.2) is 9.59 Å². The van der Waals surface area contributed by atoms with Crippen molar-refractivity contribution in [3.05, 3.63) is 22.8 Å². The van der Waals surface area contributed by atoms with Crippen LogP contribution in [0, 0.1) is 18.3 Å². The van der Waals surface area contributed by atoms with Crippen molar-refractivity contribution in [2.45, 2.75) is 226 Å². The quantitative estimate of drug-likeness (QED) is 0.0616. The first-order valence-electron chi connectivity index (χ1n) is 23.3. The summed E-state index contributed by atoms with van der Waals surface area (Å²) in [5, 5.41) is 10.0. The zero-order chi connectivity index (χ0) is 48.7. The van der Waals surface area contributed by atoms with Gasteiger partial charge in [0.2, 0.25) is 0 Å². The number of esters is 1. The average molecular weight is 956 g/mol. The summed E-state index contributed by atoms with van der Waals surface area (Å²) in [6.45, 7) is 49.3. The highest BCUT2D eigenvalue weighted by Crippen LogP contribution is 2.49. The van der Waals surface area contributed by atoms with Crippen LogP contribution >= 0.6 is 0 Å². The Morgan fingerprint density at radius 2 is 1.43 bits per heavy atom. The molecule has 0 amide bonds. The predicted octanol–water partition coefficient (Wildman–Crippen LogP) is 12.2. The van der Waals surface area contributed by atoms with Crippen LogP contribution in [0.3, 0.4) is 0 Å². The number of hydrogen-bond donors (Lipinski definition) is 1. The molecule has 7 atom stereocenters. The van der Waals surface area contributed by atoms with Gasteiger partial charge in [-0.1, -0.05) is 103 Å². The Balaban J connectivity index is 2.17. The smallest absolute Gasteiger partial charge is 0.342 e. The van der Waals surface area contributed by atoms with Crippen molar-refractivity contribution in [2.24, 2.45) is 11.3 Å². The largest absolute Gasteiger partial charge is 0.543 e. The van der Waals surface area contributed by atoms with Crippen molar-refractivity contribution in [1.82, 2.24) is 0 Å². The molecule has 0 saturated carbocycles. The van der Waals surface area contributed by atoms with Crippen molar-refractivity contribution in [3.8, 4) is 11.5 Å². The van der Waals surface area contributed by atoms with E-state index in [1.54, 1.807) is 0 Å². The summed E-state index contributed by atoms with van der Waals surface area (Å²) in [4.78, 5) is 27.2. The zero-order valence-electron chi connectivity index (χ0n) is 43.9. The number of hydrogen-bond acceptors (Lipinski definition) is 10. The van der Waals surface area contributed by atoms with E-state index in [4.69, 9.17) is 37.0 Å². The molecular formula is C48H90O11Si4. The number of aliphatic carboxylic acids is 1. The molecule has 364 valence electrons. The van der Waals surface area contributed by atoms with Crippen molar-refractivity contribution < 1.29 is 51.7 Å². The third-order valence-corrected chi connectivity index (χ3v) is 30.4. The lowest BCUT2D eigenvalue weighted by molar-refractivity contribution is -0.213. The van der Waals surface area contributed by atoms with Crippen molar-refractivity contribution in [3.63, 3.8) is 0 Å². The highest BCUT2D eigenvalue weighted by molar-refractivity contribution is 6.76. The minimum absolute atomic E-state index is 0.0667. The van der Waals surface area contributed by atoms with E-state index in [1.165, 1.54) is 7.11 Å². The van der Waals surface area contributed by atoms with Crippen LogP contribution in [0.4, 0.5) is 0 Å². The Hall–Kier alpha value is -1.57. The van der Waals surface area contributed by atoms with E-state index in [-0.39, 0.29) is 33.9 Å². The van der Waals surface area contributed by atoms with Crippen LogP contribution in [-0.2, 0) is 39.0 Å². The number of ether oxygens (including phenoxy) is 5. The van der Waals surface area contributed by atoms with E-state index < -0.39 is 80.9 Å². The Morgan fingerprint density at radius 1 is 0.873 bits per heavy atom. The molecule has 63 heavy (non-hydrogen) atoms. The van der Waals surface area contributed by atoms with Crippen LogP contribution in [0.5, 0.6) is 11.5 Å². The summed E-state index contributed by atoms with van der Waals surface area (Å²) < 4.78 is 52.9. The van der Waals surface area contributed by atoms with Gasteiger partial charge < -0.3 is 42.1 Å². The molecule has 0 bridgehead atoms. The fraction of sp³-hybridized carbons (Fsp3) is 0.833. The van der Waals surface area contributed by atoms with E-state index in [0.29, 0.717) is 42.9 Å². The van der Waals surface area contributed by atoms with Crippen molar-refractivity contribution in [2.75, 3.05) is 20.5 Å². The summed E-state index contributed by atoms with van der Waals surface area (Å²) in [7, 11) is -7.04. The fourth-order valence-electron chi connectivity index (χ4n) is 7.43. The summed E-state index contributed by atoms with van der Waals surface area (Å²) in [6, 6.07) is 2.89. The highest BCUT2D eigenvalue weighted by Gasteiger charge is 2.54. The molecule has 0 spiro atoms. The molecule has 1 saturated heterocycles. The summed E-state index contributed by atoms with van der Waals surface area (Å²) in [6.07, 6.45) is -2.41. The van der Waals surface area contributed by atoms with E-state index >= 15 is 0 Å². The maximum Gasteiger partial charge on any atom is 0.342 e. The van der Waals surface area contributed by atoms with Gasteiger partial charge in [0, 0.05) is 52.0 Å². The first-order chi connectivity index (χ1) is 28.3. The van der Waals surface area contributed by atoms with E-state index in [9.17, 15) is 14.7 Å². The Morgan fingerprint density at radius 3 is 1.92 bits per heavy atom. The third-order valence-electron chi connectivity index (χ3n) is 15.4. The lowest BCUT2D eigenvalue weighted by atomic mass is 9.72. The molecule has 1 aromatic rings. The molecule has 11 nitrogen and oxygen atoms in total. The van der Waals surface area contributed by atoms with Gasteiger partial charge in [-0.3, -0.25) is 0 Å². The van der Waals surface area contributed by atoms with E-state index in [2.05, 4.69) is 142 Å². The monoisotopic (exact) mass is 955 g/mol. The van der Waals surface area contributed by atoms with Crippen LogP contribution in [0.1, 0.15) is 117 Å². The molecular weight excluding hydrogens is 865 g/mol. The van der Waals surface area contributed by atoms with Gasteiger partial charge >= 0.3 is 11.9 Å². The molecule has 0 aliphatic carbocycles. The number of benzene rings is 1. The van der Waals surface area contributed by atoms with Gasteiger partial charge in [0.15, 0.2) is 29.5 Å². The lowest BCUT2D eigenvalue weighted by Crippen LogP contribution is -2.60. The average Bonchev–Trinajstić information content (AvgIpc) is 3.08. The number of rotatable bonds is 19. The van der Waals surface area contributed by atoms with Crippen molar-refractivity contribution in [1.29, 1.82) is 0 Å². The third kappa shape index (κ3) is 13.5. The predicted molar refractivity (Wildman–Crippen MR) is 265 cm³/mol. The fourth-order valence-corrected chi connectivity index (χ4v) is 12.1. The molecule has 1 N–H and O–H groups in total. The lowest BCUT2D eigenvalue weighted by Gasteiger charge is -2.53. The summed E-state index contributed by atoms with van der Waals surface area (Å²) in [5.41, 5.74) is 1.63. The summed E-state index contributed by atoms with van der Waals surface area (Å²) in [5.74, 6) is -0.654. The zero-order valence-corrected chi connectivity index (χ0v) is 47.9. The van der Waals surface area contributed by atoms with Gasteiger partial charge in [-0.05, 0) is 84.9 Å². The second-order valence-corrected chi connectivity index (χ2v) is 44.8. The summed E-state index contributed by atoms with van der Waals surface area (Å²) >= 11 is 0. The van der Waals surface area contributed by atoms with Gasteiger partial charge in [0.05, 0.1) is 24.4 Å². The molecule has 2 heterocycles. The standard InChI is InChI=1S/C48H90O11Si4/c1-31-33-26-35(56-44(51)41(33)37(58-62(20,21)46(6,7)8)27-34(31)54-30-53-24-25-60(15,16)17)32(2)36(57-61(18,19)45(3,4)5)28-39-48(12,13)40(59-63(22,23)47(9,10)11)29-38(55-39)42(52-14)43(49)50/h27,32,35-36,38-40,42H,24-26,28-30H2,1-23H3,(H,49,50)/t32-,35+,36-,38-,39+,40+,42+/m0/s1. The molecule has 2 aliphatic rings. The Kier molecular flexibility index (Phi) is 17.7. The molecule has 0 unspecified atom stereocenters. The van der Waals surface area contributed by atoms with Gasteiger partial charge in [0.1, 0.15) is 23.2 Å². The Labute approximate surface area is 387 Å². The second-order valence-electron chi connectivity index (χ2n) is 24.9. The topological polar surface area (TPSA) is 128 Å². The van der Waals surface area contributed by atoms with Gasteiger partial charge in [-0.2, -0.15) is 0 Å². The molecule has 0 aromatic heterocycles. The van der Waals surface area contributed by atoms with Crippen LogP contribution in [0.25, 0.3) is 0 Å². The number of carbonyl (C=O) groups is 2. The molecule has 1 fully saturated rings. The molecule has 0 radical (unpaired) electrons. The second kappa shape index (κ2) is 19.9. The maximum atomic E-state index is 14.6. The minimum atomic E-state index is -2.45. The Bertz CT molecular complexity index is 1730. The first kappa shape index (κ1) is 55.8. The van der Waals surface area contributed by atoms with Crippen LogP contribution in [-0.4, -0.2) is 107 Å². The minimum Gasteiger partial charge on any atom is -0.543 e. The number of fused-ring (bicyclic) bond motifs is 1.